The van der Waals surface area contributed by atoms with Crippen molar-refractivity contribution in [1.29, 1.82) is 5.26 Å². The Balaban J connectivity index is 1.45. The van der Waals surface area contributed by atoms with Gasteiger partial charge in [0.05, 0.1) is 4.92 Å². The van der Waals surface area contributed by atoms with Crippen LogP contribution in [-0.2, 0) is 11.2 Å². The van der Waals surface area contributed by atoms with Gasteiger partial charge in [-0.05, 0) is 24.6 Å². The van der Waals surface area contributed by atoms with Crippen LogP contribution < -0.4 is 5.32 Å². The van der Waals surface area contributed by atoms with Crippen LogP contribution in [0, 0.1) is 28.4 Å². The van der Waals surface area contributed by atoms with E-state index in [0.717, 1.165) is 10.4 Å². The molecule has 2 aromatic heterocycles. The van der Waals surface area contributed by atoms with Gasteiger partial charge >= 0.3 is 0 Å². The maximum atomic E-state index is 12.6. The number of nitrogens with one attached hydrogen (secondary N) is 1. The number of furan rings is 1. The fourth-order valence-corrected chi connectivity index (χ4v) is 4.01. The van der Waals surface area contributed by atoms with Crippen LogP contribution in [-0.4, -0.2) is 15.8 Å². The minimum absolute atomic E-state index is 0.0618. The van der Waals surface area contributed by atoms with Crippen molar-refractivity contribution in [1.82, 2.24) is 4.98 Å². The van der Waals surface area contributed by atoms with Gasteiger partial charge in [-0.15, -0.1) is 11.3 Å². The monoisotopic (exact) mass is 470 g/mol. The van der Waals surface area contributed by atoms with Gasteiger partial charge in [0, 0.05) is 41.3 Å². The highest BCUT2D eigenvalue weighted by Gasteiger charge is 2.14. The molecule has 168 valence electrons. The number of rotatable bonds is 7. The van der Waals surface area contributed by atoms with Crippen LogP contribution in [0.1, 0.15) is 21.8 Å². The molecule has 34 heavy (non-hydrogen) atoms. The number of nitro groups is 1. The molecular weight excluding hydrogens is 452 g/mol. The SMILES string of the molecule is Cc1ccc(Cc2cnc(NC(=O)/C(C#N)=C/c3ccc(-c4cccc([N+](=O)[O-])c4)o3)s2)cc1. The number of anilines is 1. The zero-order chi connectivity index (χ0) is 24.1. The molecule has 0 aliphatic carbocycles. The van der Waals surface area contributed by atoms with Gasteiger partial charge < -0.3 is 4.42 Å². The van der Waals surface area contributed by atoms with Crippen LogP contribution in [0.4, 0.5) is 10.8 Å². The van der Waals surface area contributed by atoms with Crippen molar-refractivity contribution < 1.29 is 14.1 Å². The largest absolute Gasteiger partial charge is 0.457 e. The lowest BCUT2D eigenvalue weighted by Crippen LogP contribution is -2.13. The molecule has 0 radical (unpaired) electrons. The molecule has 0 fully saturated rings. The standard InChI is InChI=1S/C25H18N4O4S/c1-16-5-7-17(8-6-16)11-22-15-27-25(34-22)28-24(30)19(14-26)13-21-9-10-23(33-21)18-3-2-4-20(12-18)29(31)32/h2-10,12-13,15H,11H2,1H3,(H,27,28,30)/b19-13+. The summed E-state index contributed by atoms with van der Waals surface area (Å²) in [5, 5.41) is 23.5. The van der Waals surface area contributed by atoms with E-state index in [2.05, 4.69) is 22.4 Å². The normalized spacial score (nSPS) is 11.1. The summed E-state index contributed by atoms with van der Waals surface area (Å²) in [6, 6.07) is 19.3. The van der Waals surface area contributed by atoms with E-state index >= 15 is 0 Å². The minimum atomic E-state index is -0.605. The van der Waals surface area contributed by atoms with Crippen LogP contribution in [0.2, 0.25) is 0 Å². The molecule has 8 nitrogen and oxygen atoms in total. The molecule has 4 aromatic rings. The number of thiazole rings is 1. The summed E-state index contributed by atoms with van der Waals surface area (Å²) in [5.74, 6) is 0.0489. The first-order valence-corrected chi connectivity index (χ1v) is 11.0. The number of nitro benzene ring substituents is 1. The fourth-order valence-electron chi connectivity index (χ4n) is 3.17. The van der Waals surface area contributed by atoms with E-state index in [4.69, 9.17) is 4.42 Å². The first kappa shape index (κ1) is 22.6. The van der Waals surface area contributed by atoms with Gasteiger partial charge in [-0.1, -0.05) is 42.0 Å². The molecule has 0 aliphatic heterocycles. The molecule has 1 amide bonds. The molecule has 0 saturated carbocycles. The summed E-state index contributed by atoms with van der Waals surface area (Å²) >= 11 is 1.34. The summed E-state index contributed by atoms with van der Waals surface area (Å²) in [5.41, 5.74) is 2.62. The van der Waals surface area contributed by atoms with E-state index in [0.29, 0.717) is 22.9 Å². The van der Waals surface area contributed by atoms with Crippen LogP contribution in [0.3, 0.4) is 0 Å². The van der Waals surface area contributed by atoms with Crippen molar-refractivity contribution >= 4 is 34.1 Å². The van der Waals surface area contributed by atoms with E-state index in [9.17, 15) is 20.2 Å². The van der Waals surface area contributed by atoms with Gasteiger partial charge in [-0.25, -0.2) is 4.98 Å². The zero-order valence-corrected chi connectivity index (χ0v) is 18.8. The highest BCUT2D eigenvalue weighted by molar-refractivity contribution is 7.15. The molecule has 0 unspecified atom stereocenters. The van der Waals surface area contributed by atoms with Gasteiger partial charge in [0.1, 0.15) is 23.2 Å². The van der Waals surface area contributed by atoms with Crippen molar-refractivity contribution in [2.75, 3.05) is 5.32 Å². The van der Waals surface area contributed by atoms with Crippen LogP contribution in [0.15, 0.2) is 76.9 Å². The quantitative estimate of drug-likeness (QED) is 0.159. The number of hydrogen-bond donors (Lipinski definition) is 1. The third-order valence-corrected chi connectivity index (χ3v) is 5.81. The molecule has 0 bridgehead atoms. The molecule has 1 N–H and O–H groups in total. The van der Waals surface area contributed by atoms with Gasteiger partial charge in [0.25, 0.3) is 11.6 Å². The lowest BCUT2D eigenvalue weighted by molar-refractivity contribution is -0.384. The van der Waals surface area contributed by atoms with Crippen LogP contribution in [0.5, 0.6) is 0 Å². The maximum absolute atomic E-state index is 12.6. The van der Waals surface area contributed by atoms with Crippen LogP contribution >= 0.6 is 11.3 Å². The lowest BCUT2D eigenvalue weighted by Gasteiger charge is -2.00. The highest BCUT2D eigenvalue weighted by atomic mass is 32.1. The first-order chi connectivity index (χ1) is 16.4. The van der Waals surface area contributed by atoms with Crippen molar-refractivity contribution in [3.05, 3.63) is 104 Å². The van der Waals surface area contributed by atoms with E-state index in [1.807, 2.05) is 25.1 Å². The number of aryl methyl sites for hydroxylation is 1. The van der Waals surface area contributed by atoms with Crippen molar-refractivity contribution in [3.63, 3.8) is 0 Å². The maximum Gasteiger partial charge on any atom is 0.270 e. The second kappa shape index (κ2) is 9.94. The van der Waals surface area contributed by atoms with Crippen molar-refractivity contribution in [3.8, 4) is 17.4 Å². The Kier molecular flexibility index (Phi) is 6.62. The Morgan fingerprint density at radius 3 is 2.76 bits per heavy atom. The number of nitriles is 1. The van der Waals surface area contributed by atoms with E-state index in [1.165, 1.54) is 35.1 Å². The van der Waals surface area contributed by atoms with Crippen molar-refractivity contribution in [2.24, 2.45) is 0 Å². The van der Waals surface area contributed by atoms with Gasteiger partial charge in [-0.3, -0.25) is 20.2 Å². The van der Waals surface area contributed by atoms with Gasteiger partial charge in [0.15, 0.2) is 5.13 Å². The topological polar surface area (TPSA) is 122 Å². The molecule has 9 heteroatoms. The third-order valence-electron chi connectivity index (χ3n) is 4.89. The van der Waals surface area contributed by atoms with E-state index in [-0.39, 0.29) is 17.0 Å². The van der Waals surface area contributed by atoms with Gasteiger partial charge in [-0.2, -0.15) is 5.26 Å². The number of hydrogen-bond acceptors (Lipinski definition) is 7. The number of benzene rings is 2. The molecular formula is C25H18N4O4S. The number of carbonyl (C=O) groups is 1. The summed E-state index contributed by atoms with van der Waals surface area (Å²) < 4.78 is 5.67. The summed E-state index contributed by atoms with van der Waals surface area (Å²) in [7, 11) is 0. The average molecular weight is 471 g/mol. The van der Waals surface area contributed by atoms with Crippen LogP contribution in [0.25, 0.3) is 17.4 Å². The summed E-state index contributed by atoms with van der Waals surface area (Å²) in [4.78, 5) is 28.3. The first-order valence-electron chi connectivity index (χ1n) is 10.2. The Bertz CT molecular complexity index is 1430. The summed E-state index contributed by atoms with van der Waals surface area (Å²) in [6.07, 6.45) is 3.71. The average Bonchev–Trinajstić information content (AvgIpc) is 3.48. The predicted octanol–water partition coefficient (Wildman–Crippen LogP) is 5.76. The number of amides is 1. The Hall–Kier alpha value is -4.55. The number of aromatic nitrogens is 1. The molecule has 0 aliphatic rings. The Morgan fingerprint density at radius 1 is 1.24 bits per heavy atom. The highest BCUT2D eigenvalue weighted by Crippen LogP contribution is 2.27. The van der Waals surface area contributed by atoms with Gasteiger partial charge in [0.2, 0.25) is 0 Å². The second-order valence-corrected chi connectivity index (χ2v) is 8.54. The molecule has 4 rings (SSSR count). The number of non-ortho nitro benzene ring substituents is 1. The fraction of sp³-hybridized carbons (Fsp3) is 0.0800. The third kappa shape index (κ3) is 5.43. The molecule has 0 spiro atoms. The van der Waals surface area contributed by atoms with Crippen molar-refractivity contribution in [2.45, 2.75) is 13.3 Å². The van der Waals surface area contributed by atoms with E-state index in [1.54, 1.807) is 30.5 Å². The molecule has 2 aromatic carbocycles. The zero-order valence-electron chi connectivity index (χ0n) is 18.0. The molecule has 0 saturated heterocycles. The lowest BCUT2D eigenvalue weighted by atomic mass is 10.1. The Morgan fingerprint density at radius 2 is 2.03 bits per heavy atom. The minimum Gasteiger partial charge on any atom is -0.457 e. The smallest absolute Gasteiger partial charge is 0.270 e. The number of carbonyl (C=O) groups excluding carboxylic acids is 1. The Labute approximate surface area is 199 Å². The summed E-state index contributed by atoms with van der Waals surface area (Å²) in [6.45, 7) is 2.03. The predicted molar refractivity (Wildman–Crippen MR) is 129 cm³/mol. The number of nitrogens with zero attached hydrogens (tertiary/aromatic N) is 3. The second-order valence-electron chi connectivity index (χ2n) is 7.43. The molecule has 2 heterocycles. The molecule has 0 atom stereocenters. The van der Waals surface area contributed by atoms with E-state index < -0.39 is 10.8 Å².